The van der Waals surface area contributed by atoms with E-state index in [1.54, 1.807) is 6.26 Å². The Labute approximate surface area is 78.4 Å². The second kappa shape index (κ2) is 3.13. The second-order valence-corrected chi connectivity index (χ2v) is 3.38. The van der Waals surface area contributed by atoms with Gasteiger partial charge < -0.3 is 9.64 Å². The molecule has 68 valence electrons. The summed E-state index contributed by atoms with van der Waals surface area (Å²) in [5.41, 5.74) is 2.43. The second-order valence-electron chi connectivity index (χ2n) is 3.38. The Hall–Kier alpha value is -1.44. The van der Waals surface area contributed by atoms with Crippen LogP contribution in [0.5, 0.6) is 5.75 Å². The van der Waals surface area contributed by atoms with Gasteiger partial charge >= 0.3 is 0 Å². The molecule has 2 nitrogen and oxygen atoms in total. The minimum absolute atomic E-state index is 0.975. The lowest BCUT2D eigenvalue weighted by molar-refractivity contribution is 0.465. The van der Waals surface area contributed by atoms with Gasteiger partial charge in [-0.25, -0.2) is 0 Å². The topological polar surface area (TPSA) is 12.5 Å². The summed E-state index contributed by atoms with van der Waals surface area (Å²) >= 11 is 0. The van der Waals surface area contributed by atoms with E-state index in [2.05, 4.69) is 23.1 Å². The molecule has 0 atom stereocenters. The van der Waals surface area contributed by atoms with E-state index in [1.165, 1.54) is 11.3 Å². The highest BCUT2D eigenvalue weighted by Crippen LogP contribution is 2.27. The van der Waals surface area contributed by atoms with E-state index in [0.717, 1.165) is 12.2 Å². The molecule has 0 aromatic heterocycles. The number of rotatable bonds is 1. The molecule has 1 aromatic rings. The molecule has 0 unspecified atom stereocenters. The molecule has 0 radical (unpaired) electrons. The van der Waals surface area contributed by atoms with Gasteiger partial charge in [-0.3, -0.25) is 0 Å². The van der Waals surface area contributed by atoms with Crippen molar-refractivity contribution < 1.29 is 4.74 Å². The van der Waals surface area contributed by atoms with E-state index in [-0.39, 0.29) is 0 Å². The molecular weight excluding hydrogens is 162 g/mol. The van der Waals surface area contributed by atoms with E-state index < -0.39 is 0 Å². The lowest BCUT2D eigenvalue weighted by Gasteiger charge is -2.17. The molecule has 0 amide bonds. The fourth-order valence-corrected chi connectivity index (χ4v) is 1.40. The maximum Gasteiger partial charge on any atom is 0.132 e. The van der Waals surface area contributed by atoms with Gasteiger partial charge in [0.25, 0.3) is 0 Å². The third kappa shape index (κ3) is 1.52. The van der Waals surface area contributed by atoms with Crippen LogP contribution in [0.2, 0.25) is 0 Å². The van der Waals surface area contributed by atoms with Crippen LogP contribution in [0, 0.1) is 0 Å². The van der Waals surface area contributed by atoms with Gasteiger partial charge in [0, 0.05) is 25.8 Å². The van der Waals surface area contributed by atoms with Crippen molar-refractivity contribution >= 4 is 5.69 Å². The van der Waals surface area contributed by atoms with Crippen LogP contribution in [-0.2, 0) is 6.42 Å². The van der Waals surface area contributed by atoms with Gasteiger partial charge in [-0.15, -0.1) is 0 Å². The fraction of sp³-hybridized carbons (Fsp3) is 0.273. The maximum atomic E-state index is 5.41. The highest BCUT2D eigenvalue weighted by atomic mass is 16.5. The smallest absolute Gasteiger partial charge is 0.132 e. The lowest BCUT2D eigenvalue weighted by Crippen LogP contribution is -2.09. The van der Waals surface area contributed by atoms with Crippen molar-refractivity contribution in [3.05, 3.63) is 36.1 Å². The van der Waals surface area contributed by atoms with Crippen LogP contribution in [0.4, 0.5) is 5.69 Å². The van der Waals surface area contributed by atoms with Gasteiger partial charge in [0.05, 0.1) is 6.26 Å². The normalized spacial score (nSPS) is 13.4. The van der Waals surface area contributed by atoms with E-state index in [9.17, 15) is 0 Å². The van der Waals surface area contributed by atoms with Crippen molar-refractivity contribution in [3.63, 3.8) is 0 Å². The molecule has 0 fully saturated rings. The summed E-state index contributed by atoms with van der Waals surface area (Å²) in [6.45, 7) is 0. The monoisotopic (exact) mass is 175 g/mol. The van der Waals surface area contributed by atoms with Crippen LogP contribution in [0.25, 0.3) is 0 Å². The number of anilines is 1. The predicted molar refractivity (Wildman–Crippen MR) is 54.2 cm³/mol. The molecule has 2 rings (SSSR count). The standard InChI is InChI=1S/C11H13NO/c1-12(2)10-6-5-9-4-3-7-13-11(9)8-10/h3,5-8H,4H2,1-2H3. The Kier molecular flexibility index (Phi) is 1.97. The molecule has 1 aliphatic heterocycles. The Morgan fingerprint density at radius 2 is 2.15 bits per heavy atom. The Balaban J connectivity index is 2.38. The summed E-state index contributed by atoms with van der Waals surface area (Å²) in [5.74, 6) is 0.980. The summed E-state index contributed by atoms with van der Waals surface area (Å²) in [6, 6.07) is 6.30. The molecule has 0 spiro atoms. The third-order valence-electron chi connectivity index (χ3n) is 2.20. The average molecular weight is 175 g/mol. The zero-order valence-electron chi connectivity index (χ0n) is 7.95. The first-order chi connectivity index (χ1) is 6.27. The summed E-state index contributed by atoms with van der Waals surface area (Å²) in [7, 11) is 4.06. The van der Waals surface area contributed by atoms with Gasteiger partial charge in [-0.05, 0) is 24.1 Å². The fourth-order valence-electron chi connectivity index (χ4n) is 1.40. The lowest BCUT2D eigenvalue weighted by atomic mass is 10.1. The summed E-state index contributed by atoms with van der Waals surface area (Å²) in [6.07, 6.45) is 4.75. The number of fused-ring (bicyclic) bond motifs is 1. The molecule has 0 saturated heterocycles. The van der Waals surface area contributed by atoms with Crippen LogP contribution in [0.15, 0.2) is 30.5 Å². The third-order valence-corrected chi connectivity index (χ3v) is 2.20. The largest absolute Gasteiger partial charge is 0.465 e. The predicted octanol–water partition coefficient (Wildman–Crippen LogP) is 2.20. The molecule has 1 aromatic carbocycles. The van der Waals surface area contributed by atoms with Gasteiger partial charge in [-0.2, -0.15) is 0 Å². The van der Waals surface area contributed by atoms with E-state index in [0.29, 0.717) is 0 Å². The zero-order valence-corrected chi connectivity index (χ0v) is 7.95. The van der Waals surface area contributed by atoms with E-state index >= 15 is 0 Å². The van der Waals surface area contributed by atoms with Gasteiger partial charge in [0.15, 0.2) is 0 Å². The van der Waals surface area contributed by atoms with Gasteiger partial charge in [0.2, 0.25) is 0 Å². The first kappa shape index (κ1) is 8.17. The highest BCUT2D eigenvalue weighted by molar-refractivity contribution is 5.54. The minimum Gasteiger partial charge on any atom is -0.465 e. The zero-order chi connectivity index (χ0) is 9.26. The summed E-state index contributed by atoms with van der Waals surface area (Å²) in [4.78, 5) is 2.07. The molecule has 1 aliphatic rings. The molecule has 0 N–H and O–H groups in total. The number of allylic oxidation sites excluding steroid dienone is 1. The van der Waals surface area contributed by atoms with Crippen molar-refractivity contribution in [2.75, 3.05) is 19.0 Å². The molecule has 0 bridgehead atoms. The quantitative estimate of drug-likeness (QED) is 0.648. The average Bonchev–Trinajstić information content (AvgIpc) is 2.17. The van der Waals surface area contributed by atoms with E-state index in [1.807, 2.05) is 20.2 Å². The number of ether oxygens (including phenoxy) is 1. The Morgan fingerprint density at radius 1 is 1.31 bits per heavy atom. The van der Waals surface area contributed by atoms with Gasteiger partial charge in [0.1, 0.15) is 5.75 Å². The molecule has 0 saturated carbocycles. The molecule has 2 heteroatoms. The van der Waals surface area contributed by atoms with Gasteiger partial charge in [-0.1, -0.05) is 6.07 Å². The van der Waals surface area contributed by atoms with Crippen LogP contribution >= 0.6 is 0 Å². The van der Waals surface area contributed by atoms with Crippen molar-refractivity contribution in [2.24, 2.45) is 0 Å². The van der Waals surface area contributed by atoms with Crippen LogP contribution in [-0.4, -0.2) is 14.1 Å². The summed E-state index contributed by atoms with van der Waals surface area (Å²) < 4.78 is 5.41. The first-order valence-corrected chi connectivity index (χ1v) is 4.39. The SMILES string of the molecule is CN(C)c1ccc2c(c1)OC=CC2. The molecule has 1 heterocycles. The number of hydrogen-bond donors (Lipinski definition) is 0. The van der Waals surface area contributed by atoms with Crippen molar-refractivity contribution in [3.8, 4) is 5.75 Å². The Bertz CT molecular complexity index is 342. The van der Waals surface area contributed by atoms with E-state index in [4.69, 9.17) is 4.74 Å². The number of benzene rings is 1. The first-order valence-electron chi connectivity index (χ1n) is 4.39. The van der Waals surface area contributed by atoms with Crippen LogP contribution in [0.3, 0.4) is 0 Å². The molecule has 0 aliphatic carbocycles. The van der Waals surface area contributed by atoms with Crippen LogP contribution in [0.1, 0.15) is 5.56 Å². The molecule has 13 heavy (non-hydrogen) atoms. The maximum absolute atomic E-state index is 5.41. The van der Waals surface area contributed by atoms with Crippen LogP contribution < -0.4 is 9.64 Å². The number of hydrogen-bond acceptors (Lipinski definition) is 2. The van der Waals surface area contributed by atoms with Crippen molar-refractivity contribution in [1.29, 1.82) is 0 Å². The minimum atomic E-state index is 0.975. The highest BCUT2D eigenvalue weighted by Gasteiger charge is 2.07. The van der Waals surface area contributed by atoms with Crippen molar-refractivity contribution in [1.82, 2.24) is 0 Å². The molecular formula is C11H13NO. The van der Waals surface area contributed by atoms with Crippen molar-refractivity contribution in [2.45, 2.75) is 6.42 Å². The summed E-state index contributed by atoms with van der Waals surface area (Å²) in [5, 5.41) is 0. The number of nitrogens with zero attached hydrogens (tertiary/aromatic N) is 1. The Morgan fingerprint density at radius 3 is 2.92 bits per heavy atom.